The van der Waals surface area contributed by atoms with Gasteiger partial charge >= 0.3 is 0 Å². The Hall–Kier alpha value is -3.54. The molecule has 6 nitrogen and oxygen atoms in total. The van der Waals surface area contributed by atoms with Gasteiger partial charge in [0.25, 0.3) is 5.91 Å². The first-order valence-electron chi connectivity index (χ1n) is 10.7. The number of nitrogens with one attached hydrogen (secondary N) is 1. The highest BCUT2D eigenvalue weighted by Crippen LogP contribution is 2.43. The Morgan fingerprint density at radius 3 is 2.19 bits per heavy atom. The van der Waals surface area contributed by atoms with E-state index in [1.54, 1.807) is 6.07 Å². The fourth-order valence-electron chi connectivity index (χ4n) is 4.45. The maximum absolute atomic E-state index is 13.3. The molecule has 0 spiro atoms. The van der Waals surface area contributed by atoms with Crippen LogP contribution in [0.3, 0.4) is 0 Å². The van der Waals surface area contributed by atoms with Crippen LogP contribution in [0.25, 0.3) is 0 Å². The first-order valence-corrected chi connectivity index (χ1v) is 10.7. The van der Waals surface area contributed by atoms with Crippen LogP contribution in [-0.4, -0.2) is 36.3 Å². The van der Waals surface area contributed by atoms with Gasteiger partial charge in [-0.2, -0.15) is 0 Å². The van der Waals surface area contributed by atoms with Crippen molar-refractivity contribution in [3.05, 3.63) is 83.8 Å². The van der Waals surface area contributed by atoms with E-state index < -0.39 is 0 Å². The normalized spacial score (nSPS) is 16.2. The van der Waals surface area contributed by atoms with Crippen LogP contribution in [0.4, 0.5) is 0 Å². The van der Waals surface area contributed by atoms with Crippen LogP contribution in [0.1, 0.15) is 40.2 Å². The Labute approximate surface area is 180 Å². The lowest BCUT2D eigenvalue weighted by molar-refractivity contribution is -0.122. The van der Waals surface area contributed by atoms with Gasteiger partial charge in [0.05, 0.1) is 17.7 Å². The summed E-state index contributed by atoms with van der Waals surface area (Å²) in [5, 5.41) is 3.16. The fraction of sp³-hybridized carbons (Fsp3) is 0.280. The highest BCUT2D eigenvalue weighted by atomic mass is 16.5. The zero-order chi connectivity index (χ0) is 21.2. The molecular weight excluding hydrogens is 392 g/mol. The van der Waals surface area contributed by atoms with E-state index in [0.29, 0.717) is 31.1 Å². The molecule has 6 heteroatoms. The summed E-state index contributed by atoms with van der Waals surface area (Å²) in [6.45, 7) is 1.98. The lowest BCUT2D eigenvalue weighted by Gasteiger charge is -2.32. The van der Waals surface area contributed by atoms with Gasteiger partial charge in [0.15, 0.2) is 0 Å². The van der Waals surface area contributed by atoms with E-state index in [4.69, 9.17) is 9.15 Å². The number of fused-ring (bicyclic) bond motifs is 2. The van der Waals surface area contributed by atoms with Gasteiger partial charge in [0, 0.05) is 30.8 Å². The van der Waals surface area contributed by atoms with Crippen LogP contribution in [0, 0.1) is 5.92 Å². The number of piperidine rings is 1. The Balaban J connectivity index is 1.23. The SMILES string of the molecule is O=C(NCC1CCN(C(=O)c2ccoc2)CC1)C1c2ccccc2Oc2ccccc21. The number of para-hydroxylation sites is 2. The highest BCUT2D eigenvalue weighted by molar-refractivity contribution is 5.94. The van der Waals surface area contributed by atoms with Crippen LogP contribution in [0.2, 0.25) is 0 Å². The molecule has 1 N–H and O–H groups in total. The van der Waals surface area contributed by atoms with Gasteiger partial charge < -0.3 is 19.4 Å². The largest absolute Gasteiger partial charge is 0.472 e. The smallest absolute Gasteiger partial charge is 0.257 e. The third-order valence-electron chi connectivity index (χ3n) is 6.18. The summed E-state index contributed by atoms with van der Waals surface area (Å²) < 4.78 is 11.0. The second kappa shape index (κ2) is 8.30. The predicted molar refractivity (Wildman–Crippen MR) is 115 cm³/mol. The zero-order valence-corrected chi connectivity index (χ0v) is 17.1. The van der Waals surface area contributed by atoms with Crippen molar-refractivity contribution in [1.82, 2.24) is 10.2 Å². The lowest BCUT2D eigenvalue weighted by atomic mass is 9.87. The third kappa shape index (κ3) is 3.81. The number of hydrogen-bond acceptors (Lipinski definition) is 4. The molecule has 1 aromatic heterocycles. The molecular formula is C25H24N2O4. The van der Waals surface area contributed by atoms with E-state index in [0.717, 1.165) is 35.5 Å². The van der Waals surface area contributed by atoms with Crippen molar-refractivity contribution in [2.24, 2.45) is 5.92 Å². The minimum Gasteiger partial charge on any atom is -0.472 e. The molecule has 158 valence electrons. The van der Waals surface area contributed by atoms with E-state index >= 15 is 0 Å². The number of amides is 2. The number of furan rings is 1. The molecule has 2 aliphatic heterocycles. The first-order chi connectivity index (χ1) is 15.2. The minimum atomic E-state index is -0.385. The van der Waals surface area contributed by atoms with Crippen molar-refractivity contribution in [3.8, 4) is 11.5 Å². The molecule has 0 atom stereocenters. The van der Waals surface area contributed by atoms with E-state index in [-0.39, 0.29) is 17.7 Å². The maximum Gasteiger partial charge on any atom is 0.257 e. The standard InChI is InChI=1S/C25H24N2O4/c28-24(23-19-5-1-3-7-21(19)31-22-8-4-2-6-20(22)23)26-15-17-9-12-27(13-10-17)25(29)18-11-14-30-16-18/h1-8,11,14,16-17,23H,9-10,12-13,15H2,(H,26,28). The van der Waals surface area contributed by atoms with Crippen molar-refractivity contribution in [2.75, 3.05) is 19.6 Å². The molecule has 1 fully saturated rings. The van der Waals surface area contributed by atoms with Gasteiger partial charge in [-0.3, -0.25) is 9.59 Å². The Morgan fingerprint density at radius 2 is 1.58 bits per heavy atom. The van der Waals surface area contributed by atoms with Crippen LogP contribution in [-0.2, 0) is 4.79 Å². The molecule has 31 heavy (non-hydrogen) atoms. The number of hydrogen-bond donors (Lipinski definition) is 1. The summed E-state index contributed by atoms with van der Waals surface area (Å²) in [7, 11) is 0. The molecule has 0 unspecified atom stereocenters. The number of carbonyl (C=O) groups excluding carboxylic acids is 2. The number of nitrogens with zero attached hydrogens (tertiary/aromatic N) is 1. The molecule has 1 saturated heterocycles. The summed E-state index contributed by atoms with van der Waals surface area (Å²) in [4.78, 5) is 27.6. The molecule has 0 bridgehead atoms. The molecule has 2 aliphatic rings. The van der Waals surface area contributed by atoms with Crippen LogP contribution in [0.5, 0.6) is 11.5 Å². The van der Waals surface area contributed by atoms with Crippen molar-refractivity contribution < 1.29 is 18.7 Å². The number of benzene rings is 2. The number of ether oxygens (including phenoxy) is 1. The van der Waals surface area contributed by atoms with Gasteiger partial charge in [0.2, 0.25) is 5.91 Å². The summed E-state index contributed by atoms with van der Waals surface area (Å²) >= 11 is 0. The Morgan fingerprint density at radius 1 is 0.935 bits per heavy atom. The minimum absolute atomic E-state index is 0.00616. The van der Waals surface area contributed by atoms with E-state index in [9.17, 15) is 9.59 Å². The fourth-order valence-corrected chi connectivity index (χ4v) is 4.45. The molecule has 2 amide bonds. The summed E-state index contributed by atoms with van der Waals surface area (Å²) in [5.74, 6) is 1.41. The van der Waals surface area contributed by atoms with Gasteiger partial charge in [0.1, 0.15) is 17.8 Å². The Bertz CT molecular complexity index is 1040. The summed E-state index contributed by atoms with van der Waals surface area (Å²) in [6, 6.07) is 17.1. The van der Waals surface area contributed by atoms with Gasteiger partial charge in [-0.05, 0) is 37.0 Å². The molecule has 0 saturated carbocycles. The van der Waals surface area contributed by atoms with E-state index in [1.165, 1.54) is 12.5 Å². The second-order valence-electron chi connectivity index (χ2n) is 8.10. The van der Waals surface area contributed by atoms with E-state index in [2.05, 4.69) is 5.32 Å². The number of carbonyl (C=O) groups is 2. The zero-order valence-electron chi connectivity index (χ0n) is 17.1. The summed E-state index contributed by atoms with van der Waals surface area (Å²) in [6.07, 6.45) is 4.73. The molecule has 3 heterocycles. The quantitative estimate of drug-likeness (QED) is 0.692. The monoisotopic (exact) mass is 416 g/mol. The molecule has 3 aromatic rings. The van der Waals surface area contributed by atoms with Gasteiger partial charge in [-0.25, -0.2) is 0 Å². The van der Waals surface area contributed by atoms with Gasteiger partial charge in [-0.1, -0.05) is 36.4 Å². The van der Waals surface area contributed by atoms with Crippen molar-refractivity contribution in [3.63, 3.8) is 0 Å². The highest BCUT2D eigenvalue weighted by Gasteiger charge is 2.33. The maximum atomic E-state index is 13.3. The second-order valence-corrected chi connectivity index (χ2v) is 8.10. The van der Waals surface area contributed by atoms with Gasteiger partial charge in [-0.15, -0.1) is 0 Å². The summed E-state index contributed by atoms with van der Waals surface area (Å²) in [5.41, 5.74) is 2.36. The first kappa shape index (κ1) is 19.4. The molecule has 5 rings (SSSR count). The average Bonchev–Trinajstić information content (AvgIpc) is 3.36. The Kier molecular flexibility index (Phi) is 5.20. The lowest BCUT2D eigenvalue weighted by Crippen LogP contribution is -2.42. The predicted octanol–water partition coefficient (Wildman–Crippen LogP) is 4.19. The van der Waals surface area contributed by atoms with E-state index in [1.807, 2.05) is 53.4 Å². The average molecular weight is 416 g/mol. The molecule has 2 aromatic carbocycles. The molecule has 0 radical (unpaired) electrons. The van der Waals surface area contributed by atoms with Crippen molar-refractivity contribution in [1.29, 1.82) is 0 Å². The van der Waals surface area contributed by atoms with Crippen LogP contribution in [0.15, 0.2) is 71.5 Å². The van der Waals surface area contributed by atoms with Crippen molar-refractivity contribution >= 4 is 11.8 Å². The van der Waals surface area contributed by atoms with Crippen molar-refractivity contribution in [2.45, 2.75) is 18.8 Å². The third-order valence-corrected chi connectivity index (χ3v) is 6.18. The number of rotatable bonds is 4. The van der Waals surface area contributed by atoms with Crippen LogP contribution < -0.4 is 10.1 Å². The number of likely N-dealkylation sites (tertiary alicyclic amines) is 1. The van der Waals surface area contributed by atoms with Crippen LogP contribution >= 0.6 is 0 Å². The topological polar surface area (TPSA) is 71.8 Å². The molecule has 0 aliphatic carbocycles.